The fourth-order valence-electron chi connectivity index (χ4n) is 1.74. The van der Waals surface area contributed by atoms with E-state index in [4.69, 9.17) is 4.74 Å². The predicted octanol–water partition coefficient (Wildman–Crippen LogP) is 4.21. The van der Waals surface area contributed by atoms with Crippen molar-refractivity contribution in [2.45, 2.75) is 52.6 Å². The van der Waals surface area contributed by atoms with Gasteiger partial charge in [-0.3, -0.25) is 4.89 Å². The Balaban J connectivity index is 2.29. The van der Waals surface area contributed by atoms with E-state index in [2.05, 4.69) is 26.5 Å². The van der Waals surface area contributed by atoms with Crippen LogP contribution in [-0.4, -0.2) is 24.8 Å². The maximum atomic E-state index is 11.7. The Morgan fingerprint density at radius 3 is 2.33 bits per heavy atom. The van der Waals surface area contributed by atoms with Crippen molar-refractivity contribution in [3.8, 4) is 5.75 Å². The van der Waals surface area contributed by atoms with Crippen molar-refractivity contribution in [2.24, 2.45) is 0 Å². The molecule has 1 aromatic carbocycles. The molecule has 0 unspecified atom stereocenters. The zero-order valence-corrected chi connectivity index (χ0v) is 14.3. The van der Waals surface area contributed by atoms with Crippen LogP contribution < -0.4 is 4.74 Å². The number of ether oxygens (including phenoxy) is 2. The first-order valence-electron chi connectivity index (χ1n) is 8.02. The molecule has 7 heteroatoms. The molecule has 24 heavy (non-hydrogen) atoms. The molecule has 0 amide bonds. The van der Waals surface area contributed by atoms with E-state index < -0.39 is 12.1 Å². The van der Waals surface area contributed by atoms with E-state index in [1.807, 2.05) is 0 Å². The second-order valence-corrected chi connectivity index (χ2v) is 5.37. The SMILES string of the molecule is CCCCCCOc1ccc(C(=O)OOOC(=O)OC(C)C)cc1. The highest BCUT2D eigenvalue weighted by molar-refractivity contribution is 5.89. The molecule has 0 saturated carbocycles. The summed E-state index contributed by atoms with van der Waals surface area (Å²) in [5.74, 6) is -0.137. The van der Waals surface area contributed by atoms with Crippen molar-refractivity contribution in [3.63, 3.8) is 0 Å². The van der Waals surface area contributed by atoms with Gasteiger partial charge in [-0.1, -0.05) is 26.2 Å². The standard InChI is InChI=1S/C17H24O7/c1-4-5-6-7-12-20-15-10-8-14(9-11-15)16(18)22-24-23-17(19)21-13(2)3/h8-11,13H,4-7,12H2,1-3H3. The van der Waals surface area contributed by atoms with Crippen molar-refractivity contribution in [1.82, 2.24) is 0 Å². The molecule has 0 radical (unpaired) electrons. The molecule has 0 aliphatic carbocycles. The third-order valence-electron chi connectivity index (χ3n) is 2.90. The lowest BCUT2D eigenvalue weighted by atomic mass is 10.2. The van der Waals surface area contributed by atoms with Crippen LogP contribution in [0.3, 0.4) is 0 Å². The topological polar surface area (TPSA) is 80.3 Å². The number of rotatable bonds is 10. The molecular formula is C17H24O7. The van der Waals surface area contributed by atoms with Crippen LogP contribution in [0.2, 0.25) is 0 Å². The van der Waals surface area contributed by atoms with E-state index in [-0.39, 0.29) is 11.7 Å². The Bertz CT molecular complexity index is 496. The lowest BCUT2D eigenvalue weighted by molar-refractivity contribution is -0.452. The maximum Gasteiger partial charge on any atom is 0.543 e. The molecule has 134 valence electrons. The monoisotopic (exact) mass is 340 g/mol. The number of hydrogen-bond acceptors (Lipinski definition) is 7. The highest BCUT2D eigenvalue weighted by Crippen LogP contribution is 2.14. The second-order valence-electron chi connectivity index (χ2n) is 5.37. The number of carbonyl (C=O) groups excluding carboxylic acids is 2. The summed E-state index contributed by atoms with van der Waals surface area (Å²) >= 11 is 0. The van der Waals surface area contributed by atoms with E-state index in [1.165, 1.54) is 25.0 Å². The smallest absolute Gasteiger partial charge is 0.494 e. The van der Waals surface area contributed by atoms with Crippen LogP contribution in [0.1, 0.15) is 56.8 Å². The van der Waals surface area contributed by atoms with Crippen LogP contribution in [0, 0.1) is 0 Å². The second kappa shape index (κ2) is 11.3. The zero-order valence-electron chi connectivity index (χ0n) is 14.3. The minimum absolute atomic E-state index is 0.231. The first-order valence-corrected chi connectivity index (χ1v) is 8.02. The number of carbonyl (C=O) groups is 2. The first-order chi connectivity index (χ1) is 11.5. The summed E-state index contributed by atoms with van der Waals surface area (Å²) in [6, 6.07) is 6.37. The number of unbranched alkanes of at least 4 members (excludes halogenated alkanes) is 3. The highest BCUT2D eigenvalue weighted by atomic mass is 17.5. The molecule has 0 spiro atoms. The molecule has 7 nitrogen and oxygen atoms in total. The summed E-state index contributed by atoms with van der Waals surface area (Å²) in [6.07, 6.45) is 3.04. The largest absolute Gasteiger partial charge is 0.543 e. The fraction of sp³-hybridized carbons (Fsp3) is 0.529. The van der Waals surface area contributed by atoms with Gasteiger partial charge in [-0.2, -0.15) is 0 Å². The molecular weight excluding hydrogens is 316 g/mol. The van der Waals surface area contributed by atoms with Gasteiger partial charge in [0, 0.05) is 0 Å². The van der Waals surface area contributed by atoms with Crippen LogP contribution >= 0.6 is 0 Å². The van der Waals surface area contributed by atoms with Gasteiger partial charge in [-0.15, -0.1) is 0 Å². The van der Waals surface area contributed by atoms with Crippen molar-refractivity contribution in [1.29, 1.82) is 0 Å². The van der Waals surface area contributed by atoms with Crippen LogP contribution in [-0.2, 0) is 19.6 Å². The normalized spacial score (nSPS) is 10.3. The molecule has 0 fully saturated rings. The van der Waals surface area contributed by atoms with Gasteiger partial charge in [0.2, 0.25) is 0 Å². The Hall–Kier alpha value is -2.28. The molecule has 0 saturated heterocycles. The zero-order chi connectivity index (χ0) is 17.8. The molecule has 1 aromatic rings. The Morgan fingerprint density at radius 2 is 1.71 bits per heavy atom. The van der Waals surface area contributed by atoms with Crippen molar-refractivity contribution in [2.75, 3.05) is 6.61 Å². The highest BCUT2D eigenvalue weighted by Gasteiger charge is 2.13. The van der Waals surface area contributed by atoms with Crippen LogP contribution in [0.25, 0.3) is 0 Å². The van der Waals surface area contributed by atoms with Crippen LogP contribution in [0.5, 0.6) is 5.75 Å². The lowest BCUT2D eigenvalue weighted by Gasteiger charge is -2.07. The van der Waals surface area contributed by atoms with Gasteiger partial charge >= 0.3 is 12.1 Å². The molecule has 0 atom stereocenters. The molecule has 0 aromatic heterocycles. The summed E-state index contributed by atoms with van der Waals surface area (Å²) in [5, 5.41) is 4.09. The average molecular weight is 340 g/mol. The van der Waals surface area contributed by atoms with E-state index in [0.717, 1.165) is 12.8 Å². The number of benzene rings is 1. The fourth-order valence-corrected chi connectivity index (χ4v) is 1.74. The summed E-state index contributed by atoms with van der Waals surface area (Å²) in [4.78, 5) is 31.1. The molecule has 0 N–H and O–H groups in total. The molecule has 0 heterocycles. The van der Waals surface area contributed by atoms with Crippen molar-refractivity contribution in [3.05, 3.63) is 29.8 Å². The van der Waals surface area contributed by atoms with Crippen LogP contribution in [0.15, 0.2) is 24.3 Å². The van der Waals surface area contributed by atoms with Gasteiger partial charge in [0.05, 0.1) is 23.3 Å². The summed E-state index contributed by atoms with van der Waals surface area (Å²) < 4.78 is 10.2. The maximum absolute atomic E-state index is 11.7. The summed E-state index contributed by atoms with van der Waals surface area (Å²) in [5.41, 5.74) is 0.231. The minimum atomic E-state index is -1.09. The Kier molecular flexibility index (Phi) is 9.29. The quantitative estimate of drug-likeness (QED) is 0.273. The summed E-state index contributed by atoms with van der Waals surface area (Å²) in [6.45, 7) is 6.07. The first kappa shape index (κ1) is 19.8. The molecule has 0 aliphatic rings. The van der Waals surface area contributed by atoms with Gasteiger partial charge < -0.3 is 9.47 Å². The van der Waals surface area contributed by atoms with E-state index in [0.29, 0.717) is 12.4 Å². The summed E-state index contributed by atoms with van der Waals surface area (Å²) in [7, 11) is 0. The Morgan fingerprint density at radius 1 is 1.00 bits per heavy atom. The molecule has 0 aliphatic heterocycles. The third-order valence-corrected chi connectivity index (χ3v) is 2.90. The van der Waals surface area contributed by atoms with Crippen molar-refractivity contribution < 1.29 is 33.9 Å². The third kappa shape index (κ3) is 8.38. The van der Waals surface area contributed by atoms with Crippen LogP contribution in [0.4, 0.5) is 4.79 Å². The molecule has 1 rings (SSSR count). The van der Waals surface area contributed by atoms with Gasteiger partial charge in [-0.25, -0.2) is 14.5 Å². The number of hydrogen-bond donors (Lipinski definition) is 0. The van der Waals surface area contributed by atoms with Gasteiger partial charge in [0.15, 0.2) is 0 Å². The van der Waals surface area contributed by atoms with E-state index in [9.17, 15) is 9.59 Å². The van der Waals surface area contributed by atoms with Gasteiger partial charge in [-0.05, 0) is 44.5 Å². The lowest BCUT2D eigenvalue weighted by Crippen LogP contribution is -2.15. The predicted molar refractivity (Wildman–Crippen MR) is 85.3 cm³/mol. The van der Waals surface area contributed by atoms with Gasteiger partial charge in [0.25, 0.3) is 0 Å². The average Bonchev–Trinajstić information content (AvgIpc) is 2.54. The Labute approximate surface area is 141 Å². The van der Waals surface area contributed by atoms with E-state index >= 15 is 0 Å². The van der Waals surface area contributed by atoms with Gasteiger partial charge in [0.1, 0.15) is 5.75 Å². The van der Waals surface area contributed by atoms with Crippen molar-refractivity contribution >= 4 is 12.1 Å². The molecule has 0 bridgehead atoms. The van der Waals surface area contributed by atoms with E-state index in [1.54, 1.807) is 26.0 Å². The minimum Gasteiger partial charge on any atom is -0.494 e.